The Kier molecular flexibility index (Phi) is 11.6. The fourth-order valence-corrected chi connectivity index (χ4v) is 5.02. The Bertz CT molecular complexity index is 1640. The molecule has 0 radical (unpaired) electrons. The number of hydrogen-bond acceptors (Lipinski definition) is 7. The SMILES string of the molecule is CCOc1cc(C(=O)N/N=C/c2cc(I)c(OCC(=O)Nc3ccc(C)cc3C)c(OC)c2)ccc1OCc1ccccc1. The summed E-state index contributed by atoms with van der Waals surface area (Å²) >= 11 is 2.10. The minimum absolute atomic E-state index is 0.191. The molecule has 2 amide bonds. The largest absolute Gasteiger partial charge is 0.493 e. The Balaban J connectivity index is 1.37. The molecule has 0 fully saturated rings. The molecule has 4 rings (SSSR count). The Labute approximate surface area is 270 Å². The molecule has 0 spiro atoms. The number of rotatable bonds is 13. The molecule has 0 bridgehead atoms. The quantitative estimate of drug-likeness (QED) is 0.0913. The van der Waals surface area contributed by atoms with Gasteiger partial charge >= 0.3 is 0 Å². The number of halogens is 1. The zero-order chi connectivity index (χ0) is 31.5. The summed E-state index contributed by atoms with van der Waals surface area (Å²) in [7, 11) is 1.51. The van der Waals surface area contributed by atoms with Crippen molar-refractivity contribution in [3.05, 3.63) is 110 Å². The molecule has 0 aliphatic rings. The van der Waals surface area contributed by atoms with E-state index in [9.17, 15) is 9.59 Å². The van der Waals surface area contributed by atoms with E-state index in [-0.39, 0.29) is 12.5 Å². The van der Waals surface area contributed by atoms with Crippen LogP contribution in [0.15, 0.2) is 84.0 Å². The predicted molar refractivity (Wildman–Crippen MR) is 179 cm³/mol. The summed E-state index contributed by atoms with van der Waals surface area (Å²) in [4.78, 5) is 25.4. The van der Waals surface area contributed by atoms with Crippen molar-refractivity contribution in [1.29, 1.82) is 0 Å². The van der Waals surface area contributed by atoms with Crippen LogP contribution in [0.4, 0.5) is 5.69 Å². The lowest BCUT2D eigenvalue weighted by molar-refractivity contribution is -0.118. The lowest BCUT2D eigenvalue weighted by Crippen LogP contribution is -2.21. The van der Waals surface area contributed by atoms with Gasteiger partial charge in [0, 0.05) is 11.3 Å². The van der Waals surface area contributed by atoms with Crippen LogP contribution in [0.5, 0.6) is 23.0 Å². The number of hydrazone groups is 1. The molecule has 0 heterocycles. The van der Waals surface area contributed by atoms with Gasteiger partial charge in [-0.2, -0.15) is 5.10 Å². The molecule has 4 aromatic carbocycles. The molecule has 0 saturated carbocycles. The number of nitrogens with one attached hydrogen (secondary N) is 2. The van der Waals surface area contributed by atoms with E-state index < -0.39 is 5.91 Å². The van der Waals surface area contributed by atoms with Crippen LogP contribution in [0, 0.1) is 17.4 Å². The van der Waals surface area contributed by atoms with E-state index in [0.717, 1.165) is 22.4 Å². The van der Waals surface area contributed by atoms with Crippen LogP contribution in [0.2, 0.25) is 0 Å². The summed E-state index contributed by atoms with van der Waals surface area (Å²) in [5, 5.41) is 6.98. The molecule has 10 heteroatoms. The third-order valence-corrected chi connectivity index (χ3v) is 7.18. The van der Waals surface area contributed by atoms with Gasteiger partial charge in [0.05, 0.1) is 23.5 Å². The van der Waals surface area contributed by atoms with Gasteiger partial charge in [-0.25, -0.2) is 5.43 Å². The van der Waals surface area contributed by atoms with Crippen molar-refractivity contribution in [2.45, 2.75) is 27.4 Å². The topological polar surface area (TPSA) is 107 Å². The van der Waals surface area contributed by atoms with E-state index in [2.05, 4.69) is 38.4 Å². The fourth-order valence-electron chi connectivity index (χ4n) is 4.23. The lowest BCUT2D eigenvalue weighted by atomic mass is 10.1. The molecule has 4 aromatic rings. The van der Waals surface area contributed by atoms with E-state index in [1.54, 1.807) is 24.3 Å². The second-order valence-electron chi connectivity index (χ2n) is 9.76. The van der Waals surface area contributed by atoms with Crippen LogP contribution < -0.4 is 29.7 Å². The zero-order valence-corrected chi connectivity index (χ0v) is 27.1. The van der Waals surface area contributed by atoms with Gasteiger partial charge in [0.25, 0.3) is 11.8 Å². The third-order valence-electron chi connectivity index (χ3n) is 6.38. The third kappa shape index (κ3) is 8.96. The highest BCUT2D eigenvalue weighted by Crippen LogP contribution is 2.34. The van der Waals surface area contributed by atoms with Crippen LogP contribution in [0.3, 0.4) is 0 Å². The zero-order valence-electron chi connectivity index (χ0n) is 25.0. The average Bonchev–Trinajstić information content (AvgIpc) is 3.01. The van der Waals surface area contributed by atoms with Crippen LogP contribution in [0.1, 0.15) is 39.5 Å². The van der Waals surface area contributed by atoms with Crippen molar-refractivity contribution in [2.75, 3.05) is 25.6 Å². The van der Waals surface area contributed by atoms with Gasteiger partial charge in [0.1, 0.15) is 6.61 Å². The molecule has 0 aliphatic carbocycles. The van der Waals surface area contributed by atoms with Crippen LogP contribution >= 0.6 is 22.6 Å². The molecule has 9 nitrogen and oxygen atoms in total. The summed E-state index contributed by atoms with van der Waals surface area (Å²) in [6.45, 7) is 6.41. The first-order chi connectivity index (χ1) is 21.3. The Morgan fingerprint density at radius 3 is 2.41 bits per heavy atom. The van der Waals surface area contributed by atoms with Gasteiger partial charge < -0.3 is 24.3 Å². The summed E-state index contributed by atoms with van der Waals surface area (Å²) in [6.07, 6.45) is 1.50. The first-order valence-electron chi connectivity index (χ1n) is 13.9. The van der Waals surface area contributed by atoms with Gasteiger partial charge in [-0.1, -0.05) is 48.0 Å². The minimum Gasteiger partial charge on any atom is -0.493 e. The Morgan fingerprint density at radius 2 is 1.68 bits per heavy atom. The van der Waals surface area contributed by atoms with E-state index in [1.807, 2.05) is 75.4 Å². The van der Waals surface area contributed by atoms with Crippen LogP contribution in [-0.4, -0.2) is 38.4 Å². The number of methoxy groups -OCH3 is 1. The maximum Gasteiger partial charge on any atom is 0.271 e. The number of nitrogens with zero attached hydrogens (tertiary/aromatic N) is 1. The van der Waals surface area contributed by atoms with Crippen molar-refractivity contribution in [2.24, 2.45) is 5.10 Å². The Hall–Kier alpha value is -4.58. The monoisotopic (exact) mass is 707 g/mol. The Morgan fingerprint density at radius 1 is 0.886 bits per heavy atom. The van der Waals surface area contributed by atoms with Crippen molar-refractivity contribution in [3.8, 4) is 23.0 Å². The maximum absolute atomic E-state index is 12.8. The molecular weight excluding hydrogens is 673 g/mol. The number of hydrogen-bond donors (Lipinski definition) is 2. The number of benzene rings is 4. The molecule has 0 aliphatic heterocycles. The fraction of sp³-hybridized carbons (Fsp3) is 0.206. The minimum atomic E-state index is -0.409. The van der Waals surface area contributed by atoms with E-state index in [4.69, 9.17) is 18.9 Å². The first kappa shape index (κ1) is 32.3. The average molecular weight is 708 g/mol. The molecular formula is C34H34IN3O6. The smallest absolute Gasteiger partial charge is 0.271 e. The van der Waals surface area contributed by atoms with Crippen LogP contribution in [-0.2, 0) is 11.4 Å². The van der Waals surface area contributed by atoms with Gasteiger partial charge in [-0.05, 0) is 96.5 Å². The van der Waals surface area contributed by atoms with Crippen LogP contribution in [0.25, 0.3) is 0 Å². The van der Waals surface area contributed by atoms with Gasteiger partial charge in [-0.15, -0.1) is 0 Å². The molecule has 2 N–H and O–H groups in total. The molecule has 0 unspecified atom stereocenters. The first-order valence-corrected chi connectivity index (χ1v) is 15.0. The molecule has 0 saturated heterocycles. The van der Waals surface area contributed by atoms with Crippen molar-refractivity contribution in [3.63, 3.8) is 0 Å². The normalized spacial score (nSPS) is 10.8. The maximum atomic E-state index is 12.8. The number of aryl methyl sites for hydroxylation is 2. The van der Waals surface area contributed by atoms with E-state index in [0.29, 0.717) is 50.9 Å². The molecule has 228 valence electrons. The van der Waals surface area contributed by atoms with Gasteiger partial charge in [0.15, 0.2) is 29.6 Å². The molecule has 0 atom stereocenters. The van der Waals surface area contributed by atoms with E-state index >= 15 is 0 Å². The second-order valence-corrected chi connectivity index (χ2v) is 10.9. The number of ether oxygens (including phenoxy) is 4. The standard InChI is InChI=1S/C34H34IN3O6/c1-5-42-30-18-26(12-14-29(30)43-20-24-9-7-6-8-10-24)34(40)38-36-19-25-16-27(35)33(31(17-25)41-4)44-21-32(39)37-28-13-11-22(2)15-23(28)3/h6-19H,5,20-21H2,1-4H3,(H,37,39)(H,38,40)/b36-19+. The van der Waals surface area contributed by atoms with Crippen molar-refractivity contribution in [1.82, 2.24) is 5.43 Å². The number of carbonyl (C=O) groups excluding carboxylic acids is 2. The molecule has 44 heavy (non-hydrogen) atoms. The number of carbonyl (C=O) groups is 2. The van der Waals surface area contributed by atoms with Crippen molar-refractivity contribution < 1.29 is 28.5 Å². The molecule has 0 aromatic heterocycles. The summed E-state index contributed by atoms with van der Waals surface area (Å²) < 4.78 is 23.7. The highest BCUT2D eigenvalue weighted by Gasteiger charge is 2.15. The summed E-state index contributed by atoms with van der Waals surface area (Å²) in [6, 6.07) is 24.1. The van der Waals surface area contributed by atoms with Gasteiger partial charge in [-0.3, -0.25) is 9.59 Å². The predicted octanol–water partition coefficient (Wildman–Crippen LogP) is 6.68. The van der Waals surface area contributed by atoms with Gasteiger partial charge in [0.2, 0.25) is 0 Å². The summed E-state index contributed by atoms with van der Waals surface area (Å²) in [5.41, 5.74) is 7.43. The van der Waals surface area contributed by atoms with Crippen molar-refractivity contribution >= 4 is 46.3 Å². The summed E-state index contributed by atoms with van der Waals surface area (Å²) in [5.74, 6) is 1.18. The number of anilines is 1. The lowest BCUT2D eigenvalue weighted by Gasteiger charge is -2.14. The van der Waals surface area contributed by atoms with E-state index in [1.165, 1.54) is 13.3 Å². The second kappa shape index (κ2) is 15.8. The highest BCUT2D eigenvalue weighted by atomic mass is 127. The number of amides is 2. The highest BCUT2D eigenvalue weighted by molar-refractivity contribution is 14.1.